The van der Waals surface area contributed by atoms with Crippen LogP contribution in [0.2, 0.25) is 0 Å². The van der Waals surface area contributed by atoms with Crippen molar-refractivity contribution in [2.75, 3.05) is 26.2 Å². The molecule has 2 aliphatic heterocycles. The van der Waals surface area contributed by atoms with Gasteiger partial charge in [-0.05, 0) is 61.3 Å². The Bertz CT molecular complexity index is 704. The Morgan fingerprint density at radius 1 is 1.00 bits per heavy atom. The van der Waals surface area contributed by atoms with E-state index < -0.39 is 0 Å². The highest BCUT2D eigenvalue weighted by molar-refractivity contribution is 5.33. The normalized spacial score (nSPS) is 26.7. The molecule has 3 nitrogen and oxygen atoms in total. The molecule has 0 saturated carbocycles. The van der Waals surface area contributed by atoms with E-state index in [0.717, 1.165) is 50.1 Å². The van der Waals surface area contributed by atoms with Crippen molar-refractivity contribution >= 4 is 0 Å². The molecule has 2 aliphatic rings. The average Bonchev–Trinajstić information content (AvgIpc) is 3.06. The van der Waals surface area contributed by atoms with E-state index in [9.17, 15) is 13.9 Å². The second kappa shape index (κ2) is 7.06. The number of piperidine rings is 1. The van der Waals surface area contributed by atoms with E-state index in [0.29, 0.717) is 0 Å². The summed E-state index contributed by atoms with van der Waals surface area (Å²) in [6.07, 6.45) is 1.38. The zero-order valence-electron chi connectivity index (χ0n) is 14.7. The van der Waals surface area contributed by atoms with Crippen molar-refractivity contribution in [3.63, 3.8) is 0 Å². The zero-order valence-corrected chi connectivity index (χ0v) is 14.7. The van der Waals surface area contributed by atoms with Gasteiger partial charge in [0.15, 0.2) is 0 Å². The van der Waals surface area contributed by atoms with E-state index in [1.807, 2.05) is 0 Å². The van der Waals surface area contributed by atoms with Crippen LogP contribution in [0.3, 0.4) is 0 Å². The average molecular weight is 358 g/mol. The summed E-state index contributed by atoms with van der Waals surface area (Å²) in [6.45, 7) is 3.27. The molecule has 2 aromatic rings. The molecule has 2 N–H and O–H groups in total. The third-order valence-electron chi connectivity index (χ3n) is 5.93. The van der Waals surface area contributed by atoms with Crippen LogP contribution in [-0.4, -0.2) is 42.3 Å². The van der Waals surface area contributed by atoms with Gasteiger partial charge in [0.05, 0.1) is 12.1 Å². The number of aliphatic hydroxyl groups is 1. The van der Waals surface area contributed by atoms with Gasteiger partial charge in [-0.2, -0.15) is 0 Å². The first-order valence-corrected chi connectivity index (χ1v) is 9.21. The molecule has 2 saturated heterocycles. The lowest BCUT2D eigenvalue weighted by Crippen LogP contribution is -2.51. The number of aliphatic hydroxyl groups excluding tert-OH is 1. The van der Waals surface area contributed by atoms with Crippen molar-refractivity contribution in [1.82, 2.24) is 10.2 Å². The molecule has 0 bridgehead atoms. The molecule has 26 heavy (non-hydrogen) atoms. The highest BCUT2D eigenvalue weighted by Crippen LogP contribution is 2.42. The van der Waals surface area contributed by atoms with Crippen LogP contribution in [0.15, 0.2) is 48.5 Å². The van der Waals surface area contributed by atoms with Crippen molar-refractivity contribution in [3.8, 4) is 0 Å². The lowest BCUT2D eigenvalue weighted by molar-refractivity contribution is 0.00380. The lowest BCUT2D eigenvalue weighted by atomic mass is 9.77. The molecule has 0 radical (unpaired) electrons. The summed E-state index contributed by atoms with van der Waals surface area (Å²) in [5.74, 6) is -0.534. The molecule has 2 fully saturated rings. The third kappa shape index (κ3) is 3.27. The molecule has 5 heteroatoms. The van der Waals surface area contributed by atoms with Crippen molar-refractivity contribution in [2.45, 2.75) is 25.0 Å². The molecule has 2 aromatic carbocycles. The van der Waals surface area contributed by atoms with E-state index in [1.165, 1.54) is 24.3 Å². The van der Waals surface area contributed by atoms with E-state index >= 15 is 0 Å². The van der Waals surface area contributed by atoms with Crippen molar-refractivity contribution in [1.29, 1.82) is 0 Å². The minimum Gasteiger partial charge on any atom is -0.392 e. The van der Waals surface area contributed by atoms with E-state index in [4.69, 9.17) is 0 Å². The summed E-state index contributed by atoms with van der Waals surface area (Å²) < 4.78 is 26.8. The van der Waals surface area contributed by atoms with Crippen molar-refractivity contribution < 1.29 is 13.9 Å². The Labute approximate surface area is 152 Å². The summed E-state index contributed by atoms with van der Waals surface area (Å²) in [5.41, 5.74) is 1.82. The summed E-state index contributed by atoms with van der Waals surface area (Å²) in [6, 6.07) is 13.0. The van der Waals surface area contributed by atoms with Gasteiger partial charge < -0.3 is 10.4 Å². The van der Waals surface area contributed by atoms with Gasteiger partial charge >= 0.3 is 0 Å². The summed E-state index contributed by atoms with van der Waals surface area (Å²) in [4.78, 5) is 2.33. The third-order valence-corrected chi connectivity index (χ3v) is 5.93. The van der Waals surface area contributed by atoms with Gasteiger partial charge in [0, 0.05) is 18.5 Å². The first kappa shape index (κ1) is 17.6. The Balaban J connectivity index is 1.67. The van der Waals surface area contributed by atoms with Crippen LogP contribution in [0, 0.1) is 17.0 Å². The molecular weight excluding hydrogens is 334 g/mol. The fraction of sp³-hybridized carbons (Fsp3) is 0.429. The topological polar surface area (TPSA) is 35.5 Å². The zero-order chi connectivity index (χ0) is 18.1. The number of benzene rings is 2. The van der Waals surface area contributed by atoms with Crippen LogP contribution in [-0.2, 0) is 0 Å². The van der Waals surface area contributed by atoms with Gasteiger partial charge in [0.1, 0.15) is 11.6 Å². The van der Waals surface area contributed by atoms with Crippen molar-refractivity contribution in [2.24, 2.45) is 5.41 Å². The predicted octanol–water partition coefficient (Wildman–Crippen LogP) is 3.10. The van der Waals surface area contributed by atoms with Gasteiger partial charge in [-0.15, -0.1) is 0 Å². The van der Waals surface area contributed by atoms with Crippen LogP contribution in [0.25, 0.3) is 0 Å². The number of rotatable bonds is 3. The monoisotopic (exact) mass is 358 g/mol. The summed E-state index contributed by atoms with van der Waals surface area (Å²) in [7, 11) is 0. The van der Waals surface area contributed by atoms with E-state index in [1.54, 1.807) is 24.3 Å². The maximum absolute atomic E-state index is 13.4. The molecule has 4 rings (SSSR count). The lowest BCUT2D eigenvalue weighted by Gasteiger charge is -2.39. The van der Waals surface area contributed by atoms with Crippen LogP contribution >= 0.6 is 0 Å². The van der Waals surface area contributed by atoms with Gasteiger partial charge in [0.25, 0.3) is 0 Å². The maximum Gasteiger partial charge on any atom is 0.123 e. The SMILES string of the molecule is O[C@@H]1CCNC[C@@]12CCN(C(c1ccc(F)cc1)c1ccc(F)cc1)C2. The Hall–Kier alpha value is -1.82. The first-order chi connectivity index (χ1) is 12.6. The highest BCUT2D eigenvalue weighted by atomic mass is 19.1. The quantitative estimate of drug-likeness (QED) is 0.885. The maximum atomic E-state index is 13.4. The second-order valence-corrected chi connectivity index (χ2v) is 7.57. The summed E-state index contributed by atoms with van der Waals surface area (Å²) in [5, 5.41) is 14.0. The molecule has 2 atom stereocenters. The van der Waals surface area contributed by atoms with Gasteiger partial charge in [0.2, 0.25) is 0 Å². The van der Waals surface area contributed by atoms with E-state index in [2.05, 4.69) is 10.2 Å². The first-order valence-electron chi connectivity index (χ1n) is 9.21. The van der Waals surface area contributed by atoms with Gasteiger partial charge in [-0.1, -0.05) is 24.3 Å². The van der Waals surface area contributed by atoms with Gasteiger partial charge in [-0.25, -0.2) is 8.78 Å². The van der Waals surface area contributed by atoms with Crippen molar-refractivity contribution in [3.05, 3.63) is 71.3 Å². The smallest absolute Gasteiger partial charge is 0.123 e. The fourth-order valence-electron chi connectivity index (χ4n) is 4.47. The van der Waals surface area contributed by atoms with Crippen LogP contribution in [0.1, 0.15) is 30.0 Å². The minimum absolute atomic E-state index is 0.0790. The largest absolute Gasteiger partial charge is 0.392 e. The number of likely N-dealkylation sites (tertiary alicyclic amines) is 1. The van der Waals surface area contributed by atoms with Crippen LogP contribution < -0.4 is 5.32 Å². The molecule has 0 amide bonds. The highest BCUT2D eigenvalue weighted by Gasteiger charge is 2.47. The number of hydrogen-bond donors (Lipinski definition) is 2. The number of halogens is 2. The molecule has 0 unspecified atom stereocenters. The number of hydrogen-bond acceptors (Lipinski definition) is 3. The van der Waals surface area contributed by atoms with Gasteiger partial charge in [-0.3, -0.25) is 4.90 Å². The molecular formula is C21H24F2N2O. The molecule has 0 aliphatic carbocycles. The predicted molar refractivity (Wildman–Crippen MR) is 96.8 cm³/mol. The molecule has 2 heterocycles. The molecule has 0 aromatic heterocycles. The summed E-state index contributed by atoms with van der Waals surface area (Å²) >= 11 is 0. The minimum atomic E-state index is -0.309. The Morgan fingerprint density at radius 2 is 1.58 bits per heavy atom. The Morgan fingerprint density at radius 3 is 2.12 bits per heavy atom. The fourth-order valence-corrected chi connectivity index (χ4v) is 4.47. The van der Waals surface area contributed by atoms with E-state index in [-0.39, 0.29) is 29.2 Å². The number of nitrogens with one attached hydrogen (secondary N) is 1. The molecule has 1 spiro atoms. The number of nitrogens with zero attached hydrogens (tertiary/aromatic N) is 1. The second-order valence-electron chi connectivity index (χ2n) is 7.57. The Kier molecular flexibility index (Phi) is 4.78. The van der Waals surface area contributed by atoms with Crippen LogP contribution in [0.5, 0.6) is 0 Å². The standard InChI is InChI=1S/C21H24F2N2O/c22-17-5-1-15(2-6-17)20(16-3-7-18(23)8-4-16)25-12-10-21(14-25)13-24-11-9-19(21)26/h1-8,19-20,24,26H,9-14H2/t19-,21-/m1/s1. The molecule has 138 valence electrons. The van der Waals surface area contributed by atoms with Crippen LogP contribution in [0.4, 0.5) is 8.78 Å².